The van der Waals surface area contributed by atoms with Crippen LogP contribution >= 0.6 is 0 Å². The lowest BCUT2D eigenvalue weighted by atomic mass is 10.0. The number of hydrogen-bond donors (Lipinski definition) is 2. The number of aromatic nitrogens is 1. The molecule has 0 aliphatic rings. The predicted octanol–water partition coefficient (Wildman–Crippen LogP) is 4.31. The molecule has 3 aromatic rings. The van der Waals surface area contributed by atoms with E-state index in [0.29, 0.717) is 0 Å². The Morgan fingerprint density at radius 3 is 2.48 bits per heavy atom. The third-order valence-electron chi connectivity index (χ3n) is 3.74. The van der Waals surface area contributed by atoms with Gasteiger partial charge < -0.3 is 5.11 Å². The minimum absolute atomic E-state index is 0.243. The van der Waals surface area contributed by atoms with Crippen molar-refractivity contribution < 1.29 is 5.11 Å². The minimum Gasteiger partial charge on any atom is -0.508 e. The van der Waals surface area contributed by atoms with E-state index in [4.69, 9.17) is 0 Å². The predicted molar refractivity (Wildman–Crippen MR) is 95.3 cm³/mol. The van der Waals surface area contributed by atoms with Gasteiger partial charge in [-0.25, -0.2) is 4.98 Å². The Bertz CT molecular complexity index is 883. The lowest BCUT2D eigenvalue weighted by Gasteiger charge is -2.09. The zero-order valence-corrected chi connectivity index (χ0v) is 13.5. The van der Waals surface area contributed by atoms with E-state index in [9.17, 15) is 5.11 Å². The number of anilines is 1. The van der Waals surface area contributed by atoms with E-state index in [0.717, 1.165) is 22.5 Å². The van der Waals surface area contributed by atoms with Crippen molar-refractivity contribution in [1.82, 2.24) is 4.98 Å². The summed E-state index contributed by atoms with van der Waals surface area (Å²) in [6.07, 6.45) is 1.70. The van der Waals surface area contributed by atoms with Crippen LogP contribution in [0, 0.1) is 20.8 Å². The maximum absolute atomic E-state index is 9.27. The van der Waals surface area contributed by atoms with Crippen LogP contribution in [0.15, 0.2) is 47.6 Å². The van der Waals surface area contributed by atoms with Gasteiger partial charge >= 0.3 is 0 Å². The number of hydrogen-bond acceptors (Lipinski definition) is 4. The van der Waals surface area contributed by atoms with Crippen LogP contribution in [0.2, 0.25) is 0 Å². The summed E-state index contributed by atoms with van der Waals surface area (Å²) < 4.78 is 0. The van der Waals surface area contributed by atoms with E-state index in [-0.39, 0.29) is 5.75 Å². The van der Waals surface area contributed by atoms with Gasteiger partial charge in [0.2, 0.25) is 0 Å². The van der Waals surface area contributed by atoms with Gasteiger partial charge in [0.25, 0.3) is 0 Å². The van der Waals surface area contributed by atoms with Gasteiger partial charge in [-0.05, 0) is 73.9 Å². The van der Waals surface area contributed by atoms with Crippen molar-refractivity contribution in [3.05, 3.63) is 64.7 Å². The van der Waals surface area contributed by atoms with Crippen LogP contribution in [-0.2, 0) is 0 Å². The summed E-state index contributed by atoms with van der Waals surface area (Å²) in [7, 11) is 0. The number of hydrazone groups is 1. The second kappa shape index (κ2) is 6.08. The van der Waals surface area contributed by atoms with Crippen molar-refractivity contribution in [1.29, 1.82) is 0 Å². The molecule has 2 aromatic carbocycles. The Hall–Kier alpha value is -2.88. The maximum Gasteiger partial charge on any atom is 0.147 e. The van der Waals surface area contributed by atoms with E-state index in [2.05, 4.69) is 48.4 Å². The number of fused-ring (bicyclic) bond motifs is 1. The quantitative estimate of drug-likeness (QED) is 0.560. The van der Waals surface area contributed by atoms with Crippen LogP contribution in [0.3, 0.4) is 0 Å². The first kappa shape index (κ1) is 15.0. The van der Waals surface area contributed by atoms with E-state index >= 15 is 0 Å². The molecule has 0 aliphatic carbocycles. The first-order valence-corrected chi connectivity index (χ1v) is 7.49. The smallest absolute Gasteiger partial charge is 0.147 e. The Balaban J connectivity index is 1.87. The number of benzene rings is 2. The molecule has 0 spiro atoms. The summed E-state index contributed by atoms with van der Waals surface area (Å²) in [5.74, 6) is 0.963. The van der Waals surface area contributed by atoms with Crippen molar-refractivity contribution in [3.63, 3.8) is 0 Å². The van der Waals surface area contributed by atoms with Crippen molar-refractivity contribution >= 4 is 22.9 Å². The molecule has 0 saturated heterocycles. The largest absolute Gasteiger partial charge is 0.508 e. The normalized spacial score (nSPS) is 11.3. The number of phenolic OH excluding ortho intramolecular Hbond substituents is 1. The molecule has 0 radical (unpaired) electrons. The van der Waals surface area contributed by atoms with Crippen molar-refractivity contribution in [2.75, 3.05) is 5.43 Å². The first-order valence-electron chi connectivity index (χ1n) is 7.49. The number of rotatable bonds is 3. The zero-order valence-electron chi connectivity index (χ0n) is 13.5. The highest BCUT2D eigenvalue weighted by Gasteiger charge is 2.05. The van der Waals surface area contributed by atoms with Gasteiger partial charge in [-0.3, -0.25) is 5.43 Å². The highest BCUT2D eigenvalue weighted by molar-refractivity contribution is 5.87. The van der Waals surface area contributed by atoms with Gasteiger partial charge in [-0.2, -0.15) is 5.10 Å². The van der Waals surface area contributed by atoms with Crippen LogP contribution in [0.1, 0.15) is 22.3 Å². The molecule has 0 atom stereocenters. The summed E-state index contributed by atoms with van der Waals surface area (Å²) in [5.41, 5.74) is 8.45. The molecular formula is C19H19N3O. The number of phenols is 1. The molecule has 4 nitrogen and oxygen atoms in total. The molecule has 0 unspecified atom stereocenters. The van der Waals surface area contributed by atoms with Crippen LogP contribution < -0.4 is 5.43 Å². The van der Waals surface area contributed by atoms with E-state index < -0.39 is 0 Å². The van der Waals surface area contributed by atoms with E-state index in [1.165, 1.54) is 16.5 Å². The Morgan fingerprint density at radius 1 is 1.00 bits per heavy atom. The molecule has 2 N–H and O–H groups in total. The number of nitrogens with zero attached hydrogens (tertiary/aromatic N) is 2. The maximum atomic E-state index is 9.27. The van der Waals surface area contributed by atoms with Crippen molar-refractivity contribution in [2.45, 2.75) is 20.8 Å². The molecular weight excluding hydrogens is 286 g/mol. The highest BCUT2D eigenvalue weighted by atomic mass is 16.3. The van der Waals surface area contributed by atoms with E-state index in [1.807, 2.05) is 6.07 Å². The lowest BCUT2D eigenvalue weighted by molar-refractivity contribution is 0.475. The molecule has 1 aromatic heterocycles. The fourth-order valence-corrected chi connectivity index (χ4v) is 2.64. The molecule has 1 heterocycles. The van der Waals surface area contributed by atoms with Gasteiger partial charge in [0.15, 0.2) is 0 Å². The SMILES string of the molecule is Cc1cc(C)c2nc(NN=Cc3ccc(O)cc3)cc(C)c2c1. The molecule has 0 amide bonds. The number of aromatic hydroxyl groups is 1. The standard InChI is InChI=1S/C19H19N3O/c1-12-8-14(3)19-17(9-12)13(2)10-18(21-19)22-20-11-15-4-6-16(23)7-5-15/h4-11,23H,1-3H3,(H,21,22). The van der Waals surface area contributed by atoms with Gasteiger partial charge in [0, 0.05) is 5.39 Å². The monoisotopic (exact) mass is 305 g/mol. The van der Waals surface area contributed by atoms with Gasteiger partial charge in [0.05, 0.1) is 11.7 Å². The molecule has 0 saturated carbocycles. The molecule has 23 heavy (non-hydrogen) atoms. The summed E-state index contributed by atoms with van der Waals surface area (Å²) in [5, 5.41) is 14.7. The average molecular weight is 305 g/mol. The highest BCUT2D eigenvalue weighted by Crippen LogP contribution is 2.24. The van der Waals surface area contributed by atoms with Crippen LogP contribution in [-0.4, -0.2) is 16.3 Å². The molecule has 4 heteroatoms. The molecule has 0 aliphatic heterocycles. The fraction of sp³-hybridized carbons (Fsp3) is 0.158. The summed E-state index contributed by atoms with van der Waals surface area (Å²) in [6.45, 7) is 6.25. The summed E-state index contributed by atoms with van der Waals surface area (Å²) in [6, 6.07) is 13.2. The van der Waals surface area contributed by atoms with Crippen LogP contribution in [0.4, 0.5) is 5.82 Å². The van der Waals surface area contributed by atoms with E-state index in [1.54, 1.807) is 30.5 Å². The van der Waals surface area contributed by atoms with Crippen LogP contribution in [0.25, 0.3) is 10.9 Å². The topological polar surface area (TPSA) is 57.5 Å². The summed E-state index contributed by atoms with van der Waals surface area (Å²) in [4.78, 5) is 4.66. The van der Waals surface area contributed by atoms with Gasteiger partial charge in [0.1, 0.15) is 11.6 Å². The molecule has 0 bridgehead atoms. The Labute approximate surface area is 135 Å². The zero-order chi connectivity index (χ0) is 16.4. The first-order chi connectivity index (χ1) is 11.0. The fourth-order valence-electron chi connectivity index (χ4n) is 2.64. The van der Waals surface area contributed by atoms with Crippen molar-refractivity contribution in [3.8, 4) is 5.75 Å². The Kier molecular flexibility index (Phi) is 3.98. The van der Waals surface area contributed by atoms with Gasteiger partial charge in [-0.1, -0.05) is 11.6 Å². The molecule has 0 fully saturated rings. The van der Waals surface area contributed by atoms with Crippen molar-refractivity contribution in [2.24, 2.45) is 5.10 Å². The number of pyridine rings is 1. The molecule has 116 valence electrons. The lowest BCUT2D eigenvalue weighted by Crippen LogP contribution is -1.97. The number of nitrogens with one attached hydrogen (secondary N) is 1. The Morgan fingerprint density at radius 2 is 1.74 bits per heavy atom. The third-order valence-corrected chi connectivity index (χ3v) is 3.74. The average Bonchev–Trinajstić information content (AvgIpc) is 2.50. The second-order valence-electron chi connectivity index (χ2n) is 5.76. The second-order valence-corrected chi connectivity index (χ2v) is 5.76. The van der Waals surface area contributed by atoms with Gasteiger partial charge in [-0.15, -0.1) is 0 Å². The van der Waals surface area contributed by atoms with Crippen LogP contribution in [0.5, 0.6) is 5.75 Å². The number of aryl methyl sites for hydroxylation is 3. The third kappa shape index (κ3) is 3.31. The minimum atomic E-state index is 0.243. The molecule has 3 rings (SSSR count). The summed E-state index contributed by atoms with van der Waals surface area (Å²) >= 11 is 0.